The Labute approximate surface area is 138 Å². The van der Waals surface area contributed by atoms with Crippen LogP contribution in [0.15, 0.2) is 54.6 Å². The fourth-order valence-electron chi connectivity index (χ4n) is 2.57. The van der Waals surface area contributed by atoms with Crippen molar-refractivity contribution < 1.29 is 4.79 Å². The van der Waals surface area contributed by atoms with Gasteiger partial charge in [0.25, 0.3) is 0 Å². The number of nitrogen functional groups attached to an aromatic ring is 1. The Kier molecular flexibility index (Phi) is 5.77. The van der Waals surface area contributed by atoms with Crippen LogP contribution in [0.2, 0.25) is 0 Å². The summed E-state index contributed by atoms with van der Waals surface area (Å²) in [4.78, 5) is 14.7. The van der Waals surface area contributed by atoms with Crippen LogP contribution < -0.4 is 11.1 Å². The van der Waals surface area contributed by atoms with E-state index in [1.165, 1.54) is 5.56 Å². The number of rotatable bonds is 6. The average molecular weight is 311 g/mol. The summed E-state index contributed by atoms with van der Waals surface area (Å²) in [6.07, 6.45) is 0. The van der Waals surface area contributed by atoms with Gasteiger partial charge in [0.15, 0.2) is 0 Å². The fourth-order valence-corrected chi connectivity index (χ4v) is 2.57. The van der Waals surface area contributed by atoms with Crippen molar-refractivity contribution >= 4 is 17.3 Å². The van der Waals surface area contributed by atoms with Crippen molar-refractivity contribution in [3.05, 3.63) is 60.2 Å². The molecule has 0 aromatic heterocycles. The van der Waals surface area contributed by atoms with E-state index in [2.05, 4.69) is 36.2 Å². The van der Waals surface area contributed by atoms with Crippen LogP contribution >= 0.6 is 0 Å². The zero-order valence-corrected chi connectivity index (χ0v) is 14.0. The van der Waals surface area contributed by atoms with Gasteiger partial charge in [-0.1, -0.05) is 36.4 Å². The van der Waals surface area contributed by atoms with E-state index in [1.54, 1.807) is 12.1 Å². The third-order valence-electron chi connectivity index (χ3n) is 3.90. The summed E-state index contributed by atoms with van der Waals surface area (Å²) >= 11 is 0. The number of nitrogens with zero attached hydrogens (tertiary/aromatic N) is 1. The average Bonchev–Trinajstić information content (AvgIpc) is 2.52. The second kappa shape index (κ2) is 7.79. The molecule has 3 N–H and O–H groups in total. The molecule has 1 unspecified atom stereocenters. The number of anilines is 2. The first-order valence-electron chi connectivity index (χ1n) is 7.93. The molecular formula is C19H25N3O. The predicted molar refractivity (Wildman–Crippen MR) is 96.1 cm³/mol. The Morgan fingerprint density at radius 2 is 1.78 bits per heavy atom. The monoisotopic (exact) mass is 311 g/mol. The van der Waals surface area contributed by atoms with Gasteiger partial charge in [-0.25, -0.2) is 0 Å². The van der Waals surface area contributed by atoms with Gasteiger partial charge in [0.05, 0.1) is 6.04 Å². The molecule has 0 bridgehead atoms. The summed E-state index contributed by atoms with van der Waals surface area (Å²) in [6.45, 7) is 6.88. The molecule has 1 amide bonds. The number of hydrogen-bond donors (Lipinski definition) is 2. The molecule has 0 aliphatic carbocycles. The van der Waals surface area contributed by atoms with E-state index in [1.807, 2.05) is 37.3 Å². The SMILES string of the molecule is CC(C)N(Cc1ccccc1)C(C)C(=O)Nc1cccc(N)c1. The minimum Gasteiger partial charge on any atom is -0.399 e. The van der Waals surface area contributed by atoms with Gasteiger partial charge in [0.1, 0.15) is 0 Å². The van der Waals surface area contributed by atoms with Crippen LogP contribution in [0.5, 0.6) is 0 Å². The lowest BCUT2D eigenvalue weighted by molar-refractivity contribution is -0.121. The van der Waals surface area contributed by atoms with E-state index >= 15 is 0 Å². The van der Waals surface area contributed by atoms with Crippen molar-refractivity contribution in [2.45, 2.75) is 39.4 Å². The van der Waals surface area contributed by atoms with Crippen LogP contribution in [-0.2, 0) is 11.3 Å². The van der Waals surface area contributed by atoms with Crippen LogP contribution in [0, 0.1) is 0 Å². The highest BCUT2D eigenvalue weighted by molar-refractivity contribution is 5.94. The first-order valence-corrected chi connectivity index (χ1v) is 7.93. The molecule has 1 atom stereocenters. The van der Waals surface area contributed by atoms with Crippen LogP contribution in [0.1, 0.15) is 26.3 Å². The van der Waals surface area contributed by atoms with Crippen LogP contribution in [0.4, 0.5) is 11.4 Å². The number of nitrogens with two attached hydrogens (primary N) is 1. The Bertz CT molecular complexity index is 640. The smallest absolute Gasteiger partial charge is 0.241 e. The van der Waals surface area contributed by atoms with E-state index < -0.39 is 0 Å². The van der Waals surface area contributed by atoms with Gasteiger partial charge in [-0.05, 0) is 44.5 Å². The predicted octanol–water partition coefficient (Wildman–Crippen LogP) is 3.51. The van der Waals surface area contributed by atoms with Gasteiger partial charge >= 0.3 is 0 Å². The highest BCUT2D eigenvalue weighted by Gasteiger charge is 2.23. The van der Waals surface area contributed by atoms with E-state index in [-0.39, 0.29) is 18.0 Å². The number of carbonyl (C=O) groups excluding carboxylic acids is 1. The molecule has 4 nitrogen and oxygen atoms in total. The third kappa shape index (κ3) is 4.83. The fraction of sp³-hybridized carbons (Fsp3) is 0.316. The zero-order chi connectivity index (χ0) is 16.8. The Hall–Kier alpha value is -2.33. The Morgan fingerprint density at radius 1 is 1.09 bits per heavy atom. The lowest BCUT2D eigenvalue weighted by Crippen LogP contribution is -2.45. The summed E-state index contributed by atoms with van der Waals surface area (Å²) in [6, 6.07) is 17.5. The van der Waals surface area contributed by atoms with Crippen molar-refractivity contribution in [1.29, 1.82) is 0 Å². The van der Waals surface area contributed by atoms with Gasteiger partial charge in [-0.2, -0.15) is 0 Å². The number of nitrogens with one attached hydrogen (secondary N) is 1. The van der Waals surface area contributed by atoms with Gasteiger partial charge in [-0.3, -0.25) is 9.69 Å². The van der Waals surface area contributed by atoms with Crippen LogP contribution in [0.3, 0.4) is 0 Å². The van der Waals surface area contributed by atoms with Gasteiger partial charge in [0.2, 0.25) is 5.91 Å². The quantitative estimate of drug-likeness (QED) is 0.803. The second-order valence-corrected chi connectivity index (χ2v) is 6.04. The third-order valence-corrected chi connectivity index (χ3v) is 3.90. The van der Waals surface area contributed by atoms with Crippen LogP contribution in [-0.4, -0.2) is 22.9 Å². The number of amides is 1. The first kappa shape index (κ1) is 17.0. The molecule has 23 heavy (non-hydrogen) atoms. The standard InChI is InChI=1S/C19H25N3O/c1-14(2)22(13-16-8-5-4-6-9-16)15(3)19(23)21-18-11-7-10-17(20)12-18/h4-12,14-15H,13,20H2,1-3H3,(H,21,23). The highest BCUT2D eigenvalue weighted by atomic mass is 16.2. The molecular weight excluding hydrogens is 286 g/mol. The molecule has 0 saturated carbocycles. The van der Waals surface area contributed by atoms with E-state index in [0.717, 1.165) is 12.2 Å². The molecule has 4 heteroatoms. The molecule has 0 saturated heterocycles. The van der Waals surface area contributed by atoms with Gasteiger partial charge in [-0.15, -0.1) is 0 Å². The molecule has 122 valence electrons. The minimum absolute atomic E-state index is 0.0276. The van der Waals surface area contributed by atoms with E-state index in [4.69, 9.17) is 5.73 Å². The maximum atomic E-state index is 12.6. The molecule has 2 aromatic rings. The molecule has 2 aromatic carbocycles. The molecule has 0 fully saturated rings. The topological polar surface area (TPSA) is 58.4 Å². The van der Waals surface area contributed by atoms with Crippen molar-refractivity contribution in [2.24, 2.45) is 0 Å². The summed E-state index contributed by atoms with van der Waals surface area (Å²) < 4.78 is 0. The van der Waals surface area contributed by atoms with E-state index in [0.29, 0.717) is 5.69 Å². The molecule has 0 spiro atoms. The summed E-state index contributed by atoms with van der Waals surface area (Å²) in [5, 5.41) is 2.94. The van der Waals surface area contributed by atoms with Crippen molar-refractivity contribution in [2.75, 3.05) is 11.1 Å². The summed E-state index contributed by atoms with van der Waals surface area (Å²) in [5.74, 6) is -0.0276. The zero-order valence-electron chi connectivity index (χ0n) is 14.0. The lowest BCUT2D eigenvalue weighted by atomic mass is 10.1. The van der Waals surface area contributed by atoms with Gasteiger partial charge in [0, 0.05) is 24.0 Å². The summed E-state index contributed by atoms with van der Waals surface area (Å²) in [7, 11) is 0. The van der Waals surface area contributed by atoms with Crippen molar-refractivity contribution in [3.63, 3.8) is 0 Å². The van der Waals surface area contributed by atoms with E-state index in [9.17, 15) is 4.79 Å². The normalized spacial score (nSPS) is 12.4. The highest BCUT2D eigenvalue weighted by Crippen LogP contribution is 2.16. The molecule has 0 heterocycles. The largest absolute Gasteiger partial charge is 0.399 e. The molecule has 0 radical (unpaired) electrons. The molecule has 2 rings (SSSR count). The summed E-state index contributed by atoms with van der Waals surface area (Å²) in [5.41, 5.74) is 8.32. The molecule has 0 aliphatic rings. The Balaban J connectivity index is 2.07. The van der Waals surface area contributed by atoms with Crippen LogP contribution in [0.25, 0.3) is 0 Å². The minimum atomic E-state index is -0.239. The maximum absolute atomic E-state index is 12.6. The first-order chi connectivity index (χ1) is 11.0. The Morgan fingerprint density at radius 3 is 2.39 bits per heavy atom. The number of hydrogen-bond acceptors (Lipinski definition) is 3. The second-order valence-electron chi connectivity index (χ2n) is 6.04. The lowest BCUT2D eigenvalue weighted by Gasteiger charge is -2.32. The molecule has 0 aliphatic heterocycles. The number of carbonyl (C=O) groups is 1. The van der Waals surface area contributed by atoms with Gasteiger partial charge < -0.3 is 11.1 Å². The maximum Gasteiger partial charge on any atom is 0.241 e. The van der Waals surface area contributed by atoms with Crippen molar-refractivity contribution in [1.82, 2.24) is 4.90 Å². The van der Waals surface area contributed by atoms with Crippen molar-refractivity contribution in [3.8, 4) is 0 Å². The number of benzene rings is 2.